The summed E-state index contributed by atoms with van der Waals surface area (Å²) in [6, 6.07) is 11.1. The standard InChI is InChI=1S/C18H14BrN3O6S/c1-26-12-3-5-13(6-4-12)27-9-17-20-21-18(28-17)29-10-16(23)14-8-11(22(24)25)2-7-15(14)19/h2-8H,9-10H2,1H3. The van der Waals surface area contributed by atoms with Gasteiger partial charge in [-0.1, -0.05) is 27.7 Å². The smallest absolute Gasteiger partial charge is 0.277 e. The summed E-state index contributed by atoms with van der Waals surface area (Å²) in [4.78, 5) is 22.7. The quantitative estimate of drug-likeness (QED) is 0.191. The molecule has 0 N–H and O–H groups in total. The van der Waals surface area contributed by atoms with Crippen LogP contribution in [0.3, 0.4) is 0 Å². The van der Waals surface area contributed by atoms with Crippen LogP contribution in [-0.4, -0.2) is 33.8 Å². The van der Waals surface area contributed by atoms with Crippen molar-refractivity contribution in [2.75, 3.05) is 12.9 Å². The maximum atomic E-state index is 12.4. The Morgan fingerprint density at radius 1 is 1.21 bits per heavy atom. The van der Waals surface area contributed by atoms with Gasteiger partial charge in [0.25, 0.3) is 16.8 Å². The van der Waals surface area contributed by atoms with Gasteiger partial charge in [0.1, 0.15) is 11.5 Å². The first-order valence-electron chi connectivity index (χ1n) is 8.15. The molecule has 3 aromatic rings. The van der Waals surface area contributed by atoms with Crippen LogP contribution < -0.4 is 9.47 Å². The number of nitrogens with zero attached hydrogens (tertiary/aromatic N) is 3. The SMILES string of the molecule is COc1ccc(OCc2nnc(SCC(=O)c3cc([N+](=O)[O-])ccc3Br)o2)cc1. The van der Waals surface area contributed by atoms with Crippen molar-refractivity contribution in [1.82, 2.24) is 10.2 Å². The predicted octanol–water partition coefficient (Wildman–Crippen LogP) is 4.30. The van der Waals surface area contributed by atoms with Crippen molar-refractivity contribution in [3.63, 3.8) is 0 Å². The summed E-state index contributed by atoms with van der Waals surface area (Å²) in [6.45, 7) is 0.0737. The molecule has 2 aromatic carbocycles. The van der Waals surface area contributed by atoms with Gasteiger partial charge in [0.15, 0.2) is 12.4 Å². The fraction of sp³-hybridized carbons (Fsp3) is 0.167. The second-order valence-electron chi connectivity index (χ2n) is 5.56. The zero-order chi connectivity index (χ0) is 20.8. The molecular formula is C18H14BrN3O6S. The Kier molecular flexibility index (Phi) is 6.83. The number of ketones is 1. The van der Waals surface area contributed by atoms with Gasteiger partial charge in [-0.3, -0.25) is 14.9 Å². The molecule has 9 nitrogen and oxygen atoms in total. The summed E-state index contributed by atoms with van der Waals surface area (Å²) in [7, 11) is 1.58. The molecule has 0 radical (unpaired) electrons. The molecule has 0 bridgehead atoms. The van der Waals surface area contributed by atoms with Crippen LogP contribution in [0, 0.1) is 10.1 Å². The molecule has 150 valence electrons. The van der Waals surface area contributed by atoms with Gasteiger partial charge in [-0.2, -0.15) is 0 Å². The van der Waals surface area contributed by atoms with Crippen LogP contribution in [0.4, 0.5) is 5.69 Å². The van der Waals surface area contributed by atoms with E-state index in [4.69, 9.17) is 13.9 Å². The van der Waals surface area contributed by atoms with E-state index in [1.807, 2.05) is 0 Å². The highest BCUT2D eigenvalue weighted by atomic mass is 79.9. The third-order valence-electron chi connectivity index (χ3n) is 3.66. The highest BCUT2D eigenvalue weighted by molar-refractivity contribution is 9.10. The van der Waals surface area contributed by atoms with E-state index in [0.29, 0.717) is 16.0 Å². The number of nitro groups is 1. The molecule has 11 heteroatoms. The predicted molar refractivity (Wildman–Crippen MR) is 107 cm³/mol. The molecule has 0 saturated heterocycles. The van der Waals surface area contributed by atoms with E-state index in [2.05, 4.69) is 26.1 Å². The van der Waals surface area contributed by atoms with Crippen LogP contribution in [0.15, 0.2) is 56.6 Å². The fourth-order valence-electron chi connectivity index (χ4n) is 2.22. The Bertz CT molecular complexity index is 1020. The van der Waals surface area contributed by atoms with Gasteiger partial charge in [0, 0.05) is 22.2 Å². The topological polar surface area (TPSA) is 118 Å². The van der Waals surface area contributed by atoms with E-state index in [9.17, 15) is 14.9 Å². The molecule has 0 aliphatic heterocycles. The van der Waals surface area contributed by atoms with Gasteiger partial charge in [-0.25, -0.2) is 0 Å². The van der Waals surface area contributed by atoms with E-state index >= 15 is 0 Å². The van der Waals surface area contributed by atoms with Crippen LogP contribution in [0.5, 0.6) is 11.5 Å². The van der Waals surface area contributed by atoms with Gasteiger partial charge in [-0.05, 0) is 30.3 Å². The summed E-state index contributed by atoms with van der Waals surface area (Å²) < 4.78 is 16.6. The van der Waals surface area contributed by atoms with Crippen molar-refractivity contribution in [3.8, 4) is 11.5 Å². The van der Waals surface area contributed by atoms with Gasteiger partial charge in [0.05, 0.1) is 17.8 Å². The first-order valence-corrected chi connectivity index (χ1v) is 9.93. The molecule has 1 aromatic heterocycles. The maximum absolute atomic E-state index is 12.4. The zero-order valence-electron chi connectivity index (χ0n) is 15.0. The number of ether oxygens (including phenoxy) is 2. The van der Waals surface area contributed by atoms with Gasteiger partial charge in [-0.15, -0.1) is 10.2 Å². The molecule has 0 fully saturated rings. The van der Waals surface area contributed by atoms with E-state index < -0.39 is 4.92 Å². The molecule has 0 amide bonds. The summed E-state index contributed by atoms with van der Waals surface area (Å²) in [6.07, 6.45) is 0. The van der Waals surface area contributed by atoms with Crippen molar-refractivity contribution in [1.29, 1.82) is 0 Å². The lowest BCUT2D eigenvalue weighted by molar-refractivity contribution is -0.384. The van der Waals surface area contributed by atoms with Crippen molar-refractivity contribution in [2.45, 2.75) is 11.8 Å². The van der Waals surface area contributed by atoms with Gasteiger partial charge < -0.3 is 13.9 Å². The average Bonchev–Trinajstić information content (AvgIpc) is 3.19. The number of Topliss-reactive ketones (excluding diaryl/α,β-unsaturated/α-hetero) is 1. The number of thioether (sulfide) groups is 1. The molecule has 0 aliphatic rings. The van der Waals surface area contributed by atoms with E-state index in [1.165, 1.54) is 18.2 Å². The summed E-state index contributed by atoms with van der Waals surface area (Å²) >= 11 is 4.27. The van der Waals surface area contributed by atoms with Crippen LogP contribution in [0.1, 0.15) is 16.2 Å². The molecule has 1 heterocycles. The highest BCUT2D eigenvalue weighted by Crippen LogP contribution is 2.26. The van der Waals surface area contributed by atoms with Crippen molar-refractivity contribution < 1.29 is 23.6 Å². The second-order valence-corrected chi connectivity index (χ2v) is 7.34. The van der Waals surface area contributed by atoms with Crippen LogP contribution >= 0.6 is 27.7 Å². The monoisotopic (exact) mass is 479 g/mol. The molecule has 29 heavy (non-hydrogen) atoms. The Balaban J connectivity index is 1.55. The number of methoxy groups -OCH3 is 1. The van der Waals surface area contributed by atoms with Crippen molar-refractivity contribution in [2.24, 2.45) is 0 Å². The minimum Gasteiger partial charge on any atom is -0.497 e. The van der Waals surface area contributed by atoms with Gasteiger partial charge in [0.2, 0.25) is 0 Å². The fourth-order valence-corrected chi connectivity index (χ4v) is 3.35. The number of benzene rings is 2. The number of nitro benzene ring substituents is 1. The molecular weight excluding hydrogens is 466 g/mol. The number of aromatic nitrogens is 2. The number of rotatable bonds is 9. The first kappa shape index (κ1) is 20.8. The van der Waals surface area contributed by atoms with Crippen molar-refractivity contribution >= 4 is 39.2 Å². The average molecular weight is 480 g/mol. The molecule has 0 spiro atoms. The molecule has 3 rings (SSSR count). The van der Waals surface area contributed by atoms with E-state index in [0.717, 1.165) is 11.8 Å². The van der Waals surface area contributed by atoms with Crippen LogP contribution in [0.2, 0.25) is 0 Å². The number of halogens is 1. The zero-order valence-corrected chi connectivity index (χ0v) is 17.4. The van der Waals surface area contributed by atoms with Crippen LogP contribution in [-0.2, 0) is 6.61 Å². The molecule has 0 unspecified atom stereocenters. The normalized spacial score (nSPS) is 10.6. The number of carbonyl (C=O) groups is 1. The second kappa shape index (κ2) is 9.52. The lowest BCUT2D eigenvalue weighted by Gasteiger charge is -2.04. The Morgan fingerprint density at radius 3 is 2.62 bits per heavy atom. The number of non-ortho nitro benzene ring substituents is 1. The lowest BCUT2D eigenvalue weighted by atomic mass is 10.1. The lowest BCUT2D eigenvalue weighted by Crippen LogP contribution is -2.04. The minimum absolute atomic E-state index is 0.0132. The molecule has 0 atom stereocenters. The minimum atomic E-state index is -0.552. The third-order valence-corrected chi connectivity index (χ3v) is 5.17. The highest BCUT2D eigenvalue weighted by Gasteiger charge is 2.17. The largest absolute Gasteiger partial charge is 0.497 e. The summed E-state index contributed by atoms with van der Waals surface area (Å²) in [5.74, 6) is 1.27. The maximum Gasteiger partial charge on any atom is 0.277 e. The van der Waals surface area contributed by atoms with Crippen molar-refractivity contribution in [3.05, 3.63) is 68.5 Å². The summed E-state index contributed by atoms with van der Waals surface area (Å²) in [5.41, 5.74) is 0.0617. The summed E-state index contributed by atoms with van der Waals surface area (Å²) in [5, 5.41) is 18.8. The molecule has 0 saturated carbocycles. The Morgan fingerprint density at radius 2 is 1.93 bits per heavy atom. The Labute approximate surface area is 177 Å². The number of carbonyl (C=O) groups excluding carboxylic acids is 1. The van der Waals surface area contributed by atoms with Crippen LogP contribution in [0.25, 0.3) is 0 Å². The first-order chi connectivity index (χ1) is 14.0. The van der Waals surface area contributed by atoms with Gasteiger partial charge >= 0.3 is 0 Å². The number of hydrogen-bond donors (Lipinski definition) is 0. The molecule has 0 aliphatic carbocycles. The Hall–Kier alpha value is -2.92. The van der Waals surface area contributed by atoms with E-state index in [1.54, 1.807) is 31.4 Å². The number of hydrogen-bond acceptors (Lipinski definition) is 9. The third kappa shape index (κ3) is 5.55. The van der Waals surface area contributed by atoms with E-state index in [-0.39, 0.29) is 40.5 Å².